The van der Waals surface area contributed by atoms with E-state index >= 15 is 0 Å². The summed E-state index contributed by atoms with van der Waals surface area (Å²) in [5.41, 5.74) is 7.28. The maximum absolute atomic E-state index is 6.02. The van der Waals surface area contributed by atoms with E-state index in [9.17, 15) is 0 Å². The lowest BCUT2D eigenvalue weighted by Gasteiger charge is -2.14. The van der Waals surface area contributed by atoms with Crippen LogP contribution in [0.15, 0.2) is 60.7 Å². The highest BCUT2D eigenvalue weighted by atomic mass is 16.5. The van der Waals surface area contributed by atoms with Crippen LogP contribution in [0.5, 0.6) is 11.5 Å². The Hall–Kier alpha value is -2.94. The van der Waals surface area contributed by atoms with E-state index in [2.05, 4.69) is 80.7 Å². The van der Waals surface area contributed by atoms with Crippen molar-refractivity contribution in [1.29, 1.82) is 0 Å². The molecule has 3 rings (SSSR count). The standard InChI is InChI=1S/C25H29NO2/c1-5-27-25-15-22(16-26-23-12-8-19(3)20(4)14-23)11-13-24(25)28-17-21-9-6-18(2)7-10-21/h6-15,26H,5,16-17H2,1-4H3. The van der Waals surface area contributed by atoms with Gasteiger partial charge in [0, 0.05) is 12.2 Å². The van der Waals surface area contributed by atoms with Crippen LogP contribution in [0.1, 0.15) is 34.7 Å². The average Bonchev–Trinajstić information content (AvgIpc) is 2.69. The molecule has 146 valence electrons. The van der Waals surface area contributed by atoms with Crippen LogP contribution in [0, 0.1) is 20.8 Å². The molecule has 3 nitrogen and oxygen atoms in total. The largest absolute Gasteiger partial charge is 0.490 e. The van der Waals surface area contributed by atoms with Crippen molar-refractivity contribution in [1.82, 2.24) is 0 Å². The first-order chi connectivity index (χ1) is 13.5. The van der Waals surface area contributed by atoms with E-state index in [1.54, 1.807) is 0 Å². The van der Waals surface area contributed by atoms with Crippen molar-refractivity contribution in [2.75, 3.05) is 11.9 Å². The molecule has 3 heteroatoms. The summed E-state index contributed by atoms with van der Waals surface area (Å²) in [6, 6.07) is 21.0. The van der Waals surface area contributed by atoms with Gasteiger partial charge in [-0.3, -0.25) is 0 Å². The fourth-order valence-corrected chi connectivity index (χ4v) is 2.95. The molecule has 0 atom stereocenters. The zero-order chi connectivity index (χ0) is 19.9. The number of aryl methyl sites for hydroxylation is 3. The van der Waals surface area contributed by atoms with Gasteiger partial charge in [0.05, 0.1) is 6.61 Å². The highest BCUT2D eigenvalue weighted by Crippen LogP contribution is 2.30. The summed E-state index contributed by atoms with van der Waals surface area (Å²) in [5, 5.41) is 3.48. The summed E-state index contributed by atoms with van der Waals surface area (Å²) in [7, 11) is 0. The lowest BCUT2D eigenvalue weighted by atomic mass is 10.1. The van der Waals surface area contributed by atoms with Crippen LogP contribution in [-0.2, 0) is 13.2 Å². The van der Waals surface area contributed by atoms with Gasteiger partial charge in [-0.15, -0.1) is 0 Å². The molecule has 0 aliphatic carbocycles. The quantitative estimate of drug-likeness (QED) is 0.508. The molecule has 0 spiro atoms. The molecule has 0 amide bonds. The van der Waals surface area contributed by atoms with E-state index in [0.717, 1.165) is 34.9 Å². The monoisotopic (exact) mass is 375 g/mol. The molecule has 0 aliphatic rings. The molecule has 3 aromatic carbocycles. The van der Waals surface area contributed by atoms with Gasteiger partial charge in [-0.1, -0.05) is 42.0 Å². The summed E-state index contributed by atoms with van der Waals surface area (Å²) >= 11 is 0. The molecule has 0 radical (unpaired) electrons. The molecule has 28 heavy (non-hydrogen) atoms. The van der Waals surface area contributed by atoms with Crippen molar-refractivity contribution >= 4 is 5.69 Å². The highest BCUT2D eigenvalue weighted by Gasteiger charge is 2.08. The number of nitrogens with one attached hydrogen (secondary N) is 1. The van der Waals surface area contributed by atoms with Gasteiger partial charge in [0.1, 0.15) is 6.61 Å². The van der Waals surface area contributed by atoms with Gasteiger partial charge in [-0.05, 0) is 74.2 Å². The Morgan fingerprint density at radius 2 is 1.46 bits per heavy atom. The molecule has 1 N–H and O–H groups in total. The topological polar surface area (TPSA) is 30.5 Å². The summed E-state index contributed by atoms with van der Waals surface area (Å²) in [4.78, 5) is 0. The van der Waals surface area contributed by atoms with Crippen molar-refractivity contribution < 1.29 is 9.47 Å². The molecular formula is C25H29NO2. The van der Waals surface area contributed by atoms with Crippen LogP contribution < -0.4 is 14.8 Å². The molecule has 0 fully saturated rings. The number of ether oxygens (including phenoxy) is 2. The zero-order valence-electron chi connectivity index (χ0n) is 17.2. The van der Waals surface area contributed by atoms with Crippen molar-refractivity contribution in [3.63, 3.8) is 0 Å². The molecule has 0 heterocycles. The third-order valence-corrected chi connectivity index (χ3v) is 4.83. The maximum atomic E-state index is 6.02. The van der Waals surface area contributed by atoms with Crippen LogP contribution in [0.2, 0.25) is 0 Å². The molecule has 0 saturated heterocycles. The number of rotatable bonds is 8. The second-order valence-corrected chi connectivity index (χ2v) is 7.14. The van der Waals surface area contributed by atoms with Gasteiger partial charge < -0.3 is 14.8 Å². The number of anilines is 1. The lowest BCUT2D eigenvalue weighted by molar-refractivity contribution is 0.269. The predicted molar refractivity (Wildman–Crippen MR) is 116 cm³/mol. The number of benzene rings is 3. The first-order valence-electron chi connectivity index (χ1n) is 9.80. The number of hydrogen-bond acceptors (Lipinski definition) is 3. The van der Waals surface area contributed by atoms with Crippen LogP contribution in [0.4, 0.5) is 5.69 Å². The van der Waals surface area contributed by atoms with Crippen molar-refractivity contribution in [2.24, 2.45) is 0 Å². The van der Waals surface area contributed by atoms with E-state index in [-0.39, 0.29) is 0 Å². The van der Waals surface area contributed by atoms with Crippen LogP contribution >= 0.6 is 0 Å². The molecule has 0 bridgehead atoms. The predicted octanol–water partition coefficient (Wildman–Crippen LogP) is 6.20. The first kappa shape index (κ1) is 19.8. The van der Waals surface area contributed by atoms with E-state index in [4.69, 9.17) is 9.47 Å². The molecule has 0 aromatic heterocycles. The fraction of sp³-hybridized carbons (Fsp3) is 0.280. The minimum Gasteiger partial charge on any atom is -0.490 e. The SMILES string of the molecule is CCOc1cc(CNc2ccc(C)c(C)c2)ccc1OCc1ccc(C)cc1. The third kappa shape index (κ3) is 5.29. The summed E-state index contributed by atoms with van der Waals surface area (Å²) in [5.74, 6) is 1.56. The van der Waals surface area contributed by atoms with Crippen LogP contribution in [-0.4, -0.2) is 6.61 Å². The first-order valence-corrected chi connectivity index (χ1v) is 9.80. The van der Waals surface area contributed by atoms with E-state index in [0.29, 0.717) is 13.2 Å². The molecular weight excluding hydrogens is 346 g/mol. The van der Waals surface area contributed by atoms with Gasteiger partial charge in [-0.25, -0.2) is 0 Å². The summed E-state index contributed by atoms with van der Waals surface area (Å²) < 4.78 is 11.8. The lowest BCUT2D eigenvalue weighted by Crippen LogP contribution is -2.03. The van der Waals surface area contributed by atoms with Gasteiger partial charge >= 0.3 is 0 Å². The minimum absolute atomic E-state index is 0.528. The maximum Gasteiger partial charge on any atom is 0.161 e. The van der Waals surface area contributed by atoms with Gasteiger partial charge in [0.25, 0.3) is 0 Å². The van der Waals surface area contributed by atoms with E-state index < -0.39 is 0 Å². The van der Waals surface area contributed by atoms with Gasteiger partial charge in [-0.2, -0.15) is 0 Å². The Morgan fingerprint density at radius 3 is 2.18 bits per heavy atom. The van der Waals surface area contributed by atoms with E-state index in [1.807, 2.05) is 13.0 Å². The van der Waals surface area contributed by atoms with Crippen molar-refractivity contribution in [2.45, 2.75) is 40.8 Å². The second-order valence-electron chi connectivity index (χ2n) is 7.14. The molecule has 3 aromatic rings. The van der Waals surface area contributed by atoms with Gasteiger partial charge in [0.2, 0.25) is 0 Å². The van der Waals surface area contributed by atoms with Crippen molar-refractivity contribution in [3.05, 3.63) is 88.5 Å². The Kier molecular flexibility index (Phi) is 6.59. The fourth-order valence-electron chi connectivity index (χ4n) is 2.95. The Morgan fingerprint density at radius 1 is 0.714 bits per heavy atom. The minimum atomic E-state index is 0.528. The smallest absolute Gasteiger partial charge is 0.161 e. The number of hydrogen-bond donors (Lipinski definition) is 1. The molecule has 0 saturated carbocycles. The summed E-state index contributed by atoms with van der Waals surface area (Å²) in [6.07, 6.45) is 0. The van der Waals surface area contributed by atoms with E-state index in [1.165, 1.54) is 16.7 Å². The Bertz CT molecular complexity index is 916. The van der Waals surface area contributed by atoms with Gasteiger partial charge in [0.15, 0.2) is 11.5 Å². The second kappa shape index (κ2) is 9.32. The Balaban J connectivity index is 1.67. The zero-order valence-corrected chi connectivity index (χ0v) is 17.2. The highest BCUT2D eigenvalue weighted by molar-refractivity contribution is 5.49. The summed E-state index contributed by atoms with van der Waals surface area (Å²) in [6.45, 7) is 10.2. The van der Waals surface area contributed by atoms with Crippen LogP contribution in [0.25, 0.3) is 0 Å². The third-order valence-electron chi connectivity index (χ3n) is 4.83. The average molecular weight is 376 g/mol. The molecule has 0 aliphatic heterocycles. The van der Waals surface area contributed by atoms with Crippen LogP contribution in [0.3, 0.4) is 0 Å². The Labute approximate surface area is 168 Å². The molecule has 0 unspecified atom stereocenters. The van der Waals surface area contributed by atoms with Crippen molar-refractivity contribution in [3.8, 4) is 11.5 Å². The normalized spacial score (nSPS) is 10.6.